The minimum Gasteiger partial charge on any atom is -0.294 e. The van der Waals surface area contributed by atoms with Gasteiger partial charge in [0.15, 0.2) is 5.78 Å². The molecule has 1 aromatic carbocycles. The maximum Gasteiger partial charge on any atom is 0.162 e. The average molecular weight is 268 g/mol. The number of sulfone groups is 1. The number of hydrogen-bond acceptors (Lipinski definition) is 3. The van der Waals surface area contributed by atoms with E-state index in [4.69, 9.17) is 0 Å². The van der Waals surface area contributed by atoms with E-state index in [1.807, 2.05) is 30.3 Å². The summed E-state index contributed by atoms with van der Waals surface area (Å²) < 4.78 is 22.5. The van der Waals surface area contributed by atoms with Crippen LogP contribution in [-0.2, 0) is 9.84 Å². The van der Waals surface area contributed by atoms with Crippen molar-refractivity contribution in [3.63, 3.8) is 0 Å². The zero-order valence-electron chi connectivity index (χ0n) is 10.8. The van der Waals surface area contributed by atoms with Crippen LogP contribution in [0.15, 0.2) is 30.3 Å². The lowest BCUT2D eigenvalue weighted by molar-refractivity contribution is 0.0979. The molecule has 1 aromatic rings. The highest BCUT2D eigenvalue weighted by atomic mass is 32.2. The van der Waals surface area contributed by atoms with Crippen molar-refractivity contribution in [3.05, 3.63) is 35.9 Å². The van der Waals surface area contributed by atoms with Crippen molar-refractivity contribution in [2.24, 2.45) is 0 Å². The summed E-state index contributed by atoms with van der Waals surface area (Å²) in [5, 5.41) is 0. The van der Waals surface area contributed by atoms with Gasteiger partial charge < -0.3 is 0 Å². The fraction of sp³-hybridized carbons (Fsp3) is 0.500. The van der Waals surface area contributed by atoms with Gasteiger partial charge in [-0.1, -0.05) is 43.7 Å². The van der Waals surface area contributed by atoms with Gasteiger partial charge in [-0.15, -0.1) is 0 Å². The molecule has 18 heavy (non-hydrogen) atoms. The Bertz CT molecular complexity index is 463. The van der Waals surface area contributed by atoms with Crippen LogP contribution in [0.25, 0.3) is 0 Å². The molecule has 1 rings (SSSR count). The molecule has 0 radical (unpaired) electrons. The number of unbranched alkanes of at least 4 members (excludes halogenated alkanes) is 2. The number of rotatable bonds is 8. The molecule has 0 aliphatic heterocycles. The first-order chi connectivity index (χ1) is 8.55. The summed E-state index contributed by atoms with van der Waals surface area (Å²) in [4.78, 5) is 11.7. The number of Topliss-reactive ketones (excluding diaryl/α,β-unsaturated/α-hetero) is 1. The maximum absolute atomic E-state index is 11.7. The average Bonchev–Trinajstić information content (AvgIpc) is 2.39. The Morgan fingerprint density at radius 3 is 2.33 bits per heavy atom. The van der Waals surface area contributed by atoms with E-state index in [-0.39, 0.29) is 17.3 Å². The molecule has 0 aliphatic carbocycles. The van der Waals surface area contributed by atoms with Gasteiger partial charge in [0.05, 0.1) is 5.75 Å². The van der Waals surface area contributed by atoms with Gasteiger partial charge in [-0.05, 0) is 12.8 Å². The Labute approximate surface area is 109 Å². The van der Waals surface area contributed by atoms with Crippen LogP contribution in [0.1, 0.15) is 43.0 Å². The first kappa shape index (κ1) is 14.9. The molecular formula is C14H20O3S. The van der Waals surface area contributed by atoms with Crippen molar-refractivity contribution in [2.45, 2.75) is 32.6 Å². The minimum absolute atomic E-state index is 0.133. The number of hydrogen-bond donors (Lipinski definition) is 0. The molecular weight excluding hydrogens is 248 g/mol. The van der Waals surface area contributed by atoms with E-state index in [2.05, 4.69) is 0 Å². The van der Waals surface area contributed by atoms with Crippen LogP contribution in [0.3, 0.4) is 0 Å². The van der Waals surface area contributed by atoms with Gasteiger partial charge in [0.2, 0.25) is 0 Å². The molecule has 0 aliphatic rings. The number of carbonyl (C=O) groups excluding carboxylic acids is 1. The summed E-state index contributed by atoms with van der Waals surface area (Å²) in [5.74, 6) is 0.577. The topological polar surface area (TPSA) is 51.2 Å². The molecule has 0 saturated carbocycles. The maximum atomic E-state index is 11.7. The van der Waals surface area contributed by atoms with Crippen molar-refractivity contribution in [1.29, 1.82) is 0 Å². The highest BCUT2D eigenvalue weighted by molar-refractivity contribution is 7.91. The molecule has 0 aromatic heterocycles. The Morgan fingerprint density at radius 1 is 1.06 bits per heavy atom. The molecule has 0 spiro atoms. The van der Waals surface area contributed by atoms with Gasteiger partial charge in [0.25, 0.3) is 0 Å². The molecule has 0 N–H and O–H groups in total. The van der Waals surface area contributed by atoms with Crippen LogP contribution in [-0.4, -0.2) is 25.7 Å². The van der Waals surface area contributed by atoms with Gasteiger partial charge >= 0.3 is 0 Å². The van der Waals surface area contributed by atoms with Gasteiger partial charge in [-0.25, -0.2) is 8.42 Å². The molecule has 100 valence electrons. The van der Waals surface area contributed by atoms with E-state index in [0.29, 0.717) is 12.8 Å². The van der Waals surface area contributed by atoms with Gasteiger partial charge in [0, 0.05) is 17.7 Å². The fourth-order valence-electron chi connectivity index (χ4n) is 1.70. The van der Waals surface area contributed by atoms with Crippen LogP contribution >= 0.6 is 0 Å². The largest absolute Gasteiger partial charge is 0.294 e. The second-order valence-corrected chi connectivity index (χ2v) is 6.81. The standard InChI is InChI=1S/C14H20O3S/c1-2-18(16,17)12-8-4-7-11-14(15)13-9-5-3-6-10-13/h3,5-6,9-10H,2,4,7-8,11-12H2,1H3. The smallest absolute Gasteiger partial charge is 0.162 e. The molecule has 0 unspecified atom stereocenters. The summed E-state index contributed by atoms with van der Waals surface area (Å²) in [6.45, 7) is 1.66. The quantitative estimate of drug-likeness (QED) is 0.538. The van der Waals surface area contributed by atoms with E-state index in [1.165, 1.54) is 0 Å². The first-order valence-electron chi connectivity index (χ1n) is 6.34. The second-order valence-electron chi connectivity index (χ2n) is 4.34. The van der Waals surface area contributed by atoms with Crippen LogP contribution < -0.4 is 0 Å². The van der Waals surface area contributed by atoms with Crippen molar-refractivity contribution in [2.75, 3.05) is 11.5 Å². The highest BCUT2D eigenvalue weighted by Gasteiger charge is 2.08. The minimum atomic E-state index is -2.86. The second kappa shape index (κ2) is 7.31. The molecule has 0 heterocycles. The SMILES string of the molecule is CCS(=O)(=O)CCCCCC(=O)c1ccccc1. The zero-order chi connectivity index (χ0) is 13.4. The predicted octanol–water partition coefficient (Wildman–Crippen LogP) is 2.86. The lowest BCUT2D eigenvalue weighted by Gasteiger charge is -2.02. The Morgan fingerprint density at radius 2 is 1.72 bits per heavy atom. The van der Waals surface area contributed by atoms with E-state index in [9.17, 15) is 13.2 Å². The fourth-order valence-corrected chi connectivity index (χ4v) is 2.63. The van der Waals surface area contributed by atoms with Gasteiger partial charge in [0.1, 0.15) is 9.84 Å². The molecule has 3 nitrogen and oxygen atoms in total. The molecule has 0 amide bonds. The van der Waals surface area contributed by atoms with E-state index in [0.717, 1.165) is 18.4 Å². The Hall–Kier alpha value is -1.16. The Balaban J connectivity index is 2.21. The molecule has 0 bridgehead atoms. The summed E-state index contributed by atoms with van der Waals surface area (Å²) >= 11 is 0. The summed E-state index contributed by atoms with van der Waals surface area (Å²) in [5.41, 5.74) is 0.735. The van der Waals surface area contributed by atoms with Crippen LogP contribution in [0.4, 0.5) is 0 Å². The number of ketones is 1. The van der Waals surface area contributed by atoms with Gasteiger partial charge in [-0.3, -0.25) is 4.79 Å². The predicted molar refractivity (Wildman–Crippen MR) is 73.6 cm³/mol. The molecule has 0 atom stereocenters. The van der Waals surface area contributed by atoms with E-state index >= 15 is 0 Å². The summed E-state index contributed by atoms with van der Waals surface area (Å²) in [6, 6.07) is 9.20. The first-order valence-corrected chi connectivity index (χ1v) is 8.16. The van der Waals surface area contributed by atoms with E-state index in [1.54, 1.807) is 6.92 Å². The third-order valence-corrected chi connectivity index (χ3v) is 4.69. The van der Waals surface area contributed by atoms with Crippen molar-refractivity contribution < 1.29 is 13.2 Å². The lowest BCUT2D eigenvalue weighted by Crippen LogP contribution is -2.08. The highest BCUT2D eigenvalue weighted by Crippen LogP contribution is 2.08. The molecule has 0 saturated heterocycles. The lowest BCUT2D eigenvalue weighted by atomic mass is 10.1. The van der Waals surface area contributed by atoms with Crippen molar-refractivity contribution >= 4 is 15.6 Å². The van der Waals surface area contributed by atoms with Crippen molar-refractivity contribution in [1.82, 2.24) is 0 Å². The molecule has 0 fully saturated rings. The van der Waals surface area contributed by atoms with E-state index < -0.39 is 9.84 Å². The van der Waals surface area contributed by atoms with Crippen LogP contribution in [0.5, 0.6) is 0 Å². The van der Waals surface area contributed by atoms with Crippen molar-refractivity contribution in [3.8, 4) is 0 Å². The van der Waals surface area contributed by atoms with Crippen LogP contribution in [0, 0.1) is 0 Å². The normalized spacial score (nSPS) is 11.4. The Kier molecular flexibility index (Phi) is 6.05. The third-order valence-electron chi connectivity index (χ3n) is 2.89. The molecule has 4 heteroatoms. The van der Waals surface area contributed by atoms with Crippen LogP contribution in [0.2, 0.25) is 0 Å². The van der Waals surface area contributed by atoms with Gasteiger partial charge in [-0.2, -0.15) is 0 Å². The third kappa shape index (κ3) is 5.45. The summed E-state index contributed by atoms with van der Waals surface area (Å²) in [6.07, 6.45) is 2.69. The number of benzene rings is 1. The summed E-state index contributed by atoms with van der Waals surface area (Å²) in [7, 11) is -2.86. The monoisotopic (exact) mass is 268 g/mol. The number of carbonyl (C=O) groups is 1. The zero-order valence-corrected chi connectivity index (χ0v) is 11.6.